The molecule has 416 valence electrons. The van der Waals surface area contributed by atoms with E-state index in [1.54, 1.807) is 295 Å². The second kappa shape index (κ2) is 11.8. The van der Waals surface area contributed by atoms with Gasteiger partial charge in [0.05, 0.1) is 36.3 Å². The Kier molecular flexibility index (Phi) is 5.62. The van der Waals surface area contributed by atoms with E-state index < -0.39 is 0 Å². The smallest absolute Gasteiger partial charge is 0.0717 e. The highest BCUT2D eigenvalue weighted by Gasteiger charge is 2.75. The molecule has 1 saturated heterocycles. The number of thioether (sulfide) groups is 8. The van der Waals surface area contributed by atoms with Crippen molar-refractivity contribution in [1.29, 1.82) is 0 Å². The van der Waals surface area contributed by atoms with E-state index in [4.69, 9.17) is 0 Å². The van der Waals surface area contributed by atoms with Crippen LogP contribution in [0.4, 0.5) is 0 Å². The van der Waals surface area contributed by atoms with Gasteiger partial charge >= 0.3 is 0 Å². The number of benzene rings is 18. The van der Waals surface area contributed by atoms with Gasteiger partial charge in [-0.05, 0) is 358 Å². The summed E-state index contributed by atoms with van der Waals surface area (Å²) in [5.41, 5.74) is 7.06. The van der Waals surface area contributed by atoms with E-state index in [1.807, 2.05) is 92.8 Å². The van der Waals surface area contributed by atoms with Gasteiger partial charge in [-0.25, -0.2) is 0 Å². The lowest BCUT2D eigenvalue weighted by Gasteiger charge is -2.52. The summed E-state index contributed by atoms with van der Waals surface area (Å²) in [7, 11) is 2.67. The minimum atomic E-state index is -0.174. The lowest BCUT2D eigenvalue weighted by atomic mass is 9.48. The fourth-order valence-electron chi connectivity index (χ4n) is 28.5. The molecule has 7 aliphatic rings. The summed E-state index contributed by atoms with van der Waals surface area (Å²) in [4.78, 5) is 3.08. The van der Waals surface area contributed by atoms with Gasteiger partial charge in [-0.3, -0.25) is 0 Å². The van der Waals surface area contributed by atoms with Gasteiger partial charge in [-0.15, -0.1) is 47.0 Å². The van der Waals surface area contributed by atoms with Crippen molar-refractivity contribution >= 4 is 385 Å². The first kappa shape index (κ1) is 43.4. The average molecular weight is 1290 g/mol. The topological polar surface area (TPSA) is 3.24 Å². The van der Waals surface area contributed by atoms with Crippen LogP contribution in [0.1, 0.15) is 80.0 Å². The van der Waals surface area contributed by atoms with E-state index in [0.29, 0.717) is 6.04 Å². The highest BCUT2D eigenvalue weighted by Crippen LogP contribution is 2.86. The maximum absolute atomic E-state index is 3.08. The molecule has 0 saturated carbocycles. The van der Waals surface area contributed by atoms with Crippen molar-refractivity contribution in [2.75, 3.05) is 38.1 Å². The molecule has 0 bridgehead atoms. The first-order valence-corrected chi connectivity index (χ1v) is 41.7. The van der Waals surface area contributed by atoms with Gasteiger partial charge in [0.25, 0.3) is 0 Å². The molecule has 4 aliphatic carbocycles. The van der Waals surface area contributed by atoms with Crippen LogP contribution in [-0.2, 0) is 10.8 Å². The van der Waals surface area contributed by atoms with Crippen molar-refractivity contribution in [2.45, 2.75) is 74.7 Å². The number of rotatable bonds is 15. The van der Waals surface area contributed by atoms with Gasteiger partial charge in [0.1, 0.15) is 0 Å². The molecule has 28 aromatic carbocycles. The number of unbranched alkanes of at least 4 members (excludes halogenated alkanes) is 7. The third-order valence-corrected chi connectivity index (χ3v) is 40.7. The lowest BCUT2D eigenvalue weighted by molar-refractivity contribution is 0.244. The monoisotopic (exact) mass is 1290 g/mol. The molecular weight excluding hydrogens is 1260 g/mol. The zero-order chi connectivity index (χ0) is 56.5. The number of nitrogens with zero attached hydrogens (tertiary/aromatic N) is 1. The van der Waals surface area contributed by atoms with E-state index in [0.717, 1.165) is 6.54 Å². The number of hydrogen-bond donors (Lipinski definition) is 0. The number of likely N-dealkylation sites (N-methyl/N-ethyl adjacent to an activating group) is 1. The van der Waals surface area contributed by atoms with Crippen molar-refractivity contribution in [3.05, 3.63) is 47.7 Å². The molecule has 91 heavy (non-hydrogen) atoms. The molecule has 35 rings (SSSR count). The van der Waals surface area contributed by atoms with Gasteiger partial charge in [-0.1, -0.05) is 92.0 Å². The molecule has 1 atom stereocenters. The van der Waals surface area contributed by atoms with E-state index in [-0.39, 0.29) is 10.8 Å². The Labute approximate surface area is 545 Å². The van der Waals surface area contributed by atoms with Crippen LogP contribution in [0.3, 0.4) is 0 Å². The quantitative estimate of drug-likeness (QED) is 0.0723. The summed E-state index contributed by atoms with van der Waals surface area (Å²) in [5, 5.41) is 92.2. The zero-order valence-corrected chi connectivity index (χ0v) is 55.6. The fraction of sp³-hybridized carbons (Fsp3) is 0.220. The van der Waals surface area contributed by atoms with Crippen LogP contribution >= 0.6 is 94.1 Å². The summed E-state index contributed by atoms with van der Waals surface area (Å²) in [6.07, 6.45) is 18.9. The minimum absolute atomic E-state index is 0.167. The highest BCUT2D eigenvalue weighted by molar-refractivity contribution is 8.45. The first-order valence-electron chi connectivity index (χ1n) is 33.8. The van der Waals surface area contributed by atoms with Gasteiger partial charge in [0.2, 0.25) is 0 Å². The van der Waals surface area contributed by atoms with E-state index in [9.17, 15) is 0 Å². The Morgan fingerprint density at radius 3 is 0.780 bits per heavy atom. The average Bonchev–Trinajstić information content (AvgIpc) is 1.38. The third kappa shape index (κ3) is 3.10. The zero-order valence-electron chi connectivity index (χ0n) is 49.1. The molecule has 2 spiro atoms. The molecule has 0 amide bonds. The predicted octanol–water partition coefficient (Wildman–Crippen LogP) is 26.3. The second-order valence-corrected chi connectivity index (χ2v) is 40.3. The molecular formula is C82H35NS8. The molecule has 1 fully saturated rings. The predicted molar refractivity (Wildman–Crippen MR) is 416 cm³/mol. The van der Waals surface area contributed by atoms with Gasteiger partial charge < -0.3 is 4.90 Å². The first-order chi connectivity index (χ1) is 45.1. The highest BCUT2D eigenvalue weighted by atomic mass is 32.3. The molecule has 0 N–H and O–H groups in total. The van der Waals surface area contributed by atoms with Crippen LogP contribution in [-0.4, -0.2) is 49.1 Å². The van der Waals surface area contributed by atoms with Gasteiger partial charge in [-0.2, -0.15) is 0 Å². The van der Waals surface area contributed by atoms with Crippen LogP contribution in [0.25, 0.3) is 291 Å². The van der Waals surface area contributed by atoms with E-state index in [1.165, 1.54) is 84.7 Å². The van der Waals surface area contributed by atoms with Crippen molar-refractivity contribution < 1.29 is 0 Å². The Bertz CT molecular complexity index is 7860. The molecule has 0 aromatic heterocycles. The molecule has 3 heterocycles. The summed E-state index contributed by atoms with van der Waals surface area (Å²) in [5.74, 6) is 1.24. The van der Waals surface area contributed by atoms with Gasteiger partial charge in [0.15, 0.2) is 0 Å². The van der Waals surface area contributed by atoms with Crippen molar-refractivity contribution in [2.24, 2.45) is 0 Å². The Balaban J connectivity index is 0.625. The normalized spacial score (nSPS) is 23.1. The summed E-state index contributed by atoms with van der Waals surface area (Å²) in [6.45, 7) is 1.13. The maximum Gasteiger partial charge on any atom is 0.0717 e. The number of likely N-dealkylation sites (tertiary alicyclic amines) is 1. The number of hydrogen-bond acceptors (Lipinski definition) is 9. The minimum Gasteiger partial charge on any atom is -0.301 e. The van der Waals surface area contributed by atoms with Crippen LogP contribution in [0, 0.1) is 0 Å². The van der Waals surface area contributed by atoms with Crippen LogP contribution in [0.5, 0.6) is 0 Å². The SMILES string of the molecule is CSC1=C(SC)SC(=C2SC(SC)=C(SCCCCCCCCCCC3N(C)CC45c6c7c8c9c%10c%11c(c%12c%13c4c4c6c6c%14c7c7c8c8c%10c%10c%15c%11c%11c%12c%12c%13c%13c4c4c6c6c%14c%14c7c7c8c%10c8c%10c%15c%11c%11c%12c%12c%13c4c4c6c6c%14c7c8c7c%10c%11c%12c4c67)C935)S2)S1. The molecule has 28 aromatic rings. The summed E-state index contributed by atoms with van der Waals surface area (Å²) < 4.78 is 9.03. The Morgan fingerprint density at radius 2 is 0.505 bits per heavy atom. The van der Waals surface area contributed by atoms with Crippen molar-refractivity contribution in [3.8, 4) is 0 Å². The van der Waals surface area contributed by atoms with Gasteiger partial charge in [0, 0.05) is 12.6 Å². The van der Waals surface area contributed by atoms with Crippen molar-refractivity contribution in [1.82, 2.24) is 4.90 Å². The second-order valence-electron chi connectivity index (χ2n) is 31.1. The Morgan fingerprint density at radius 1 is 0.286 bits per heavy atom. The Hall–Kier alpha value is -5.56. The summed E-state index contributed by atoms with van der Waals surface area (Å²) >= 11 is 16.0. The van der Waals surface area contributed by atoms with Crippen LogP contribution in [0.2, 0.25) is 0 Å². The van der Waals surface area contributed by atoms with E-state index in [2.05, 4.69) is 54.2 Å². The standard InChI is InChI=1S/C82H35NS8/c1-83-15-81-71-63-55-45-35-27-19-17-18-21-25-23(19)31-39-33(25)43-37-29(21)30-22(18)26-24-20(17)28(27)36-42-32(24)40-34(26)44-38(30)48-47(37)59-53(43)61-51(39)57(49(55)41(31)35)65(71)67(61)73-69(59)70-60(48)54(44)62-52(40)58-50(42)56(46(36)45)64(63)72(81)66(58)68(62)74(70)82(73,81)16(83)13-11-9-7-5-6-8-10-12-14-87-78-77(86-4)90-80(91-78)79-88-75(84-2)76(85-3)89-79/h16H,5-15H2,1-4H3. The van der Waals surface area contributed by atoms with Crippen LogP contribution < -0.4 is 0 Å². The van der Waals surface area contributed by atoms with Crippen molar-refractivity contribution in [3.63, 3.8) is 0 Å². The largest absolute Gasteiger partial charge is 0.301 e. The third-order valence-electron chi connectivity index (χ3n) is 29.5. The molecule has 0 radical (unpaired) electrons. The molecule has 3 aliphatic heterocycles. The molecule has 9 heteroatoms. The maximum atomic E-state index is 3.08. The molecule has 1 nitrogen and oxygen atoms in total. The van der Waals surface area contributed by atoms with E-state index >= 15 is 0 Å². The summed E-state index contributed by atoms with van der Waals surface area (Å²) in [6, 6.07) is 0.416. The molecule has 1 unspecified atom stereocenters. The van der Waals surface area contributed by atoms with Crippen LogP contribution in [0.15, 0.2) is 25.4 Å². The fourth-order valence-corrected chi connectivity index (χ4v) is 39.3. The lowest BCUT2D eigenvalue weighted by Crippen LogP contribution is -2.54.